The van der Waals surface area contributed by atoms with E-state index in [9.17, 15) is 0 Å². The zero-order valence-electron chi connectivity index (χ0n) is 11.4. The molecular formula is C17H21N. The average Bonchev–Trinajstić information content (AvgIpc) is 2.92. The fraction of sp³-hybridized carbons (Fsp3) is 0.412. The average molecular weight is 239 g/mol. The second-order valence-electron chi connectivity index (χ2n) is 6.16. The molecule has 3 rings (SSSR count). The van der Waals surface area contributed by atoms with Crippen molar-refractivity contribution < 1.29 is 0 Å². The Morgan fingerprint density at radius 3 is 2.33 bits per heavy atom. The van der Waals surface area contributed by atoms with Crippen molar-refractivity contribution in [2.75, 3.05) is 6.54 Å². The first-order valence-electron chi connectivity index (χ1n) is 6.75. The van der Waals surface area contributed by atoms with Crippen molar-refractivity contribution in [2.45, 2.75) is 26.7 Å². The Kier molecular flexibility index (Phi) is 2.49. The quantitative estimate of drug-likeness (QED) is 0.846. The highest BCUT2D eigenvalue weighted by atomic mass is 14.7. The maximum atomic E-state index is 5.91. The van der Waals surface area contributed by atoms with Crippen molar-refractivity contribution in [3.05, 3.63) is 47.5 Å². The highest BCUT2D eigenvalue weighted by Crippen LogP contribution is 2.64. The van der Waals surface area contributed by atoms with Gasteiger partial charge in [0.05, 0.1) is 0 Å². The van der Waals surface area contributed by atoms with Crippen LogP contribution in [0.25, 0.3) is 10.8 Å². The van der Waals surface area contributed by atoms with Crippen molar-refractivity contribution in [1.29, 1.82) is 0 Å². The van der Waals surface area contributed by atoms with Gasteiger partial charge in [0.2, 0.25) is 0 Å². The zero-order chi connectivity index (χ0) is 12.9. The molecule has 0 aliphatic heterocycles. The van der Waals surface area contributed by atoms with Crippen LogP contribution in [0.1, 0.15) is 30.9 Å². The largest absolute Gasteiger partial charge is 0.330 e. The van der Waals surface area contributed by atoms with Gasteiger partial charge < -0.3 is 5.73 Å². The highest BCUT2D eigenvalue weighted by Gasteiger charge is 2.57. The molecule has 2 unspecified atom stereocenters. The number of hydrogen-bond donors (Lipinski definition) is 1. The van der Waals surface area contributed by atoms with E-state index < -0.39 is 0 Å². The van der Waals surface area contributed by atoms with Crippen molar-refractivity contribution in [2.24, 2.45) is 17.1 Å². The molecule has 0 spiro atoms. The molecule has 2 aromatic carbocycles. The van der Waals surface area contributed by atoms with Crippen molar-refractivity contribution in [1.82, 2.24) is 0 Å². The minimum Gasteiger partial charge on any atom is -0.330 e. The standard InChI is InChI=1S/C17H21N/c1-11-8-9-14(13-7-5-4-6-12(11)13)16-15(10-18)17(16,2)3/h4-9,15-16H,10,18H2,1-3H3. The summed E-state index contributed by atoms with van der Waals surface area (Å²) in [5, 5.41) is 2.79. The molecule has 1 fully saturated rings. The Balaban J connectivity index is 2.18. The van der Waals surface area contributed by atoms with E-state index in [1.165, 1.54) is 21.9 Å². The van der Waals surface area contributed by atoms with Crippen LogP contribution in [-0.4, -0.2) is 6.54 Å². The molecule has 0 aromatic heterocycles. The predicted molar refractivity (Wildman–Crippen MR) is 77.8 cm³/mol. The zero-order valence-corrected chi connectivity index (χ0v) is 11.4. The van der Waals surface area contributed by atoms with Gasteiger partial charge in [0.1, 0.15) is 0 Å². The molecule has 0 radical (unpaired) electrons. The molecule has 18 heavy (non-hydrogen) atoms. The Hall–Kier alpha value is -1.34. The molecule has 0 bridgehead atoms. The van der Waals surface area contributed by atoms with Gasteiger partial charge in [-0.05, 0) is 52.6 Å². The normalized spacial score (nSPS) is 25.3. The molecule has 2 N–H and O–H groups in total. The molecular weight excluding hydrogens is 218 g/mol. The van der Waals surface area contributed by atoms with Crippen LogP contribution < -0.4 is 5.73 Å². The summed E-state index contributed by atoms with van der Waals surface area (Å²) in [7, 11) is 0. The van der Waals surface area contributed by atoms with Crippen molar-refractivity contribution in [3.8, 4) is 0 Å². The van der Waals surface area contributed by atoms with Crippen LogP contribution in [0.5, 0.6) is 0 Å². The van der Waals surface area contributed by atoms with Crippen LogP contribution in [0.2, 0.25) is 0 Å². The first-order valence-corrected chi connectivity index (χ1v) is 6.75. The maximum Gasteiger partial charge on any atom is -0.00375 e. The van der Waals surface area contributed by atoms with E-state index >= 15 is 0 Å². The highest BCUT2D eigenvalue weighted by molar-refractivity contribution is 5.89. The minimum absolute atomic E-state index is 0.354. The topological polar surface area (TPSA) is 26.0 Å². The molecule has 94 valence electrons. The van der Waals surface area contributed by atoms with E-state index in [1.807, 2.05) is 0 Å². The minimum atomic E-state index is 0.354. The molecule has 2 aromatic rings. The maximum absolute atomic E-state index is 5.91. The van der Waals surface area contributed by atoms with E-state index in [1.54, 1.807) is 0 Å². The Morgan fingerprint density at radius 2 is 1.72 bits per heavy atom. The fourth-order valence-electron chi connectivity index (χ4n) is 3.55. The summed E-state index contributed by atoms with van der Waals surface area (Å²) in [5.74, 6) is 1.25. The third-order valence-corrected chi connectivity index (χ3v) is 4.82. The molecule has 2 atom stereocenters. The predicted octanol–water partition coefficient (Wildman–Crippen LogP) is 3.85. The lowest BCUT2D eigenvalue weighted by Gasteiger charge is -2.10. The van der Waals surface area contributed by atoms with Crippen LogP contribution in [0.3, 0.4) is 0 Å². The third kappa shape index (κ3) is 1.50. The van der Waals surface area contributed by atoms with E-state index in [0.717, 1.165) is 6.54 Å². The molecule has 1 aliphatic rings. The summed E-state index contributed by atoms with van der Waals surface area (Å²) in [6, 6.07) is 13.3. The lowest BCUT2D eigenvalue weighted by molar-refractivity contribution is 0.559. The van der Waals surface area contributed by atoms with Crippen LogP contribution in [0, 0.1) is 18.3 Å². The van der Waals surface area contributed by atoms with Gasteiger partial charge in [0.25, 0.3) is 0 Å². The van der Waals surface area contributed by atoms with E-state index in [0.29, 0.717) is 17.3 Å². The summed E-state index contributed by atoms with van der Waals surface area (Å²) in [6.45, 7) is 7.65. The smallest absolute Gasteiger partial charge is 0.00375 e. The molecule has 1 saturated carbocycles. The molecule has 1 nitrogen and oxygen atoms in total. The van der Waals surface area contributed by atoms with E-state index in [2.05, 4.69) is 57.2 Å². The molecule has 0 amide bonds. The number of aryl methyl sites for hydroxylation is 1. The summed E-state index contributed by atoms with van der Waals surface area (Å²) in [4.78, 5) is 0. The van der Waals surface area contributed by atoms with Gasteiger partial charge in [-0.2, -0.15) is 0 Å². The molecule has 0 saturated heterocycles. The summed E-state index contributed by atoms with van der Waals surface area (Å²) in [6.07, 6.45) is 0. The number of benzene rings is 2. The van der Waals surface area contributed by atoms with Crippen LogP contribution in [0.15, 0.2) is 36.4 Å². The Labute approximate surface area is 109 Å². The van der Waals surface area contributed by atoms with Crippen LogP contribution in [0.4, 0.5) is 0 Å². The van der Waals surface area contributed by atoms with Crippen LogP contribution >= 0.6 is 0 Å². The third-order valence-electron chi connectivity index (χ3n) is 4.82. The fourth-order valence-corrected chi connectivity index (χ4v) is 3.55. The number of fused-ring (bicyclic) bond motifs is 1. The van der Waals surface area contributed by atoms with Gasteiger partial charge in [0, 0.05) is 0 Å². The lowest BCUT2D eigenvalue weighted by atomic mass is 9.94. The lowest BCUT2D eigenvalue weighted by Crippen LogP contribution is -2.05. The first-order chi connectivity index (χ1) is 8.57. The summed E-state index contributed by atoms with van der Waals surface area (Å²) < 4.78 is 0. The summed E-state index contributed by atoms with van der Waals surface area (Å²) >= 11 is 0. The number of rotatable bonds is 2. The van der Waals surface area contributed by atoms with Crippen LogP contribution in [-0.2, 0) is 0 Å². The second-order valence-corrected chi connectivity index (χ2v) is 6.16. The summed E-state index contributed by atoms with van der Waals surface area (Å²) in [5.41, 5.74) is 9.11. The second kappa shape index (κ2) is 3.83. The van der Waals surface area contributed by atoms with Gasteiger partial charge in [-0.25, -0.2) is 0 Å². The van der Waals surface area contributed by atoms with Gasteiger partial charge in [0.15, 0.2) is 0 Å². The SMILES string of the molecule is Cc1ccc(C2C(CN)C2(C)C)c2ccccc12. The Bertz CT molecular complexity index is 598. The molecule has 1 heteroatoms. The van der Waals surface area contributed by atoms with Crippen molar-refractivity contribution in [3.63, 3.8) is 0 Å². The Morgan fingerprint density at radius 1 is 1.06 bits per heavy atom. The van der Waals surface area contributed by atoms with Gasteiger partial charge in [-0.15, -0.1) is 0 Å². The van der Waals surface area contributed by atoms with Gasteiger partial charge in [-0.3, -0.25) is 0 Å². The van der Waals surface area contributed by atoms with E-state index in [4.69, 9.17) is 5.73 Å². The van der Waals surface area contributed by atoms with Gasteiger partial charge in [-0.1, -0.05) is 50.2 Å². The van der Waals surface area contributed by atoms with Crippen molar-refractivity contribution >= 4 is 10.8 Å². The van der Waals surface area contributed by atoms with E-state index in [-0.39, 0.29) is 0 Å². The monoisotopic (exact) mass is 239 g/mol. The first kappa shape index (κ1) is 11.7. The number of hydrogen-bond acceptors (Lipinski definition) is 1. The molecule has 1 aliphatic carbocycles. The van der Waals surface area contributed by atoms with Gasteiger partial charge >= 0.3 is 0 Å². The molecule has 0 heterocycles. The number of nitrogens with two attached hydrogens (primary N) is 1.